The van der Waals surface area contributed by atoms with Gasteiger partial charge in [-0.2, -0.15) is 4.31 Å². The average Bonchev–Trinajstić information content (AvgIpc) is 2.15. The van der Waals surface area contributed by atoms with Crippen LogP contribution < -0.4 is 5.32 Å². The summed E-state index contributed by atoms with van der Waals surface area (Å²) in [5.41, 5.74) is -1.38. The van der Waals surface area contributed by atoms with Gasteiger partial charge in [-0.25, -0.2) is 13.2 Å². The minimum Gasteiger partial charge on any atom is -0.480 e. The Hall–Kier alpha value is -1.15. The third kappa shape index (κ3) is 4.70. The molecule has 1 amide bonds. The molecule has 0 saturated carbocycles. The quantitative estimate of drug-likeness (QED) is 0.658. The van der Waals surface area contributed by atoms with Gasteiger partial charge in [-0.3, -0.25) is 4.79 Å². The van der Waals surface area contributed by atoms with Crippen LogP contribution in [0.5, 0.6) is 0 Å². The molecule has 0 bridgehead atoms. The van der Waals surface area contributed by atoms with Crippen molar-refractivity contribution < 1.29 is 23.1 Å². The Morgan fingerprint density at radius 2 is 1.88 bits per heavy atom. The molecule has 17 heavy (non-hydrogen) atoms. The van der Waals surface area contributed by atoms with E-state index in [1.165, 1.54) is 14.0 Å². The van der Waals surface area contributed by atoms with E-state index in [0.717, 1.165) is 10.6 Å². The zero-order valence-electron chi connectivity index (χ0n) is 10.3. The molecule has 0 aliphatic carbocycles. The van der Waals surface area contributed by atoms with Crippen LogP contribution in [0.3, 0.4) is 0 Å². The SMILES string of the molecule is CCC(C)(NC(=O)CN(C)S(C)(=O)=O)C(=O)O. The van der Waals surface area contributed by atoms with E-state index in [0.29, 0.717) is 0 Å². The molecular formula is C9H18N2O5S. The van der Waals surface area contributed by atoms with Gasteiger partial charge in [0.1, 0.15) is 5.54 Å². The molecule has 0 saturated heterocycles. The molecule has 100 valence electrons. The van der Waals surface area contributed by atoms with E-state index in [-0.39, 0.29) is 6.42 Å². The highest BCUT2D eigenvalue weighted by atomic mass is 32.2. The van der Waals surface area contributed by atoms with Gasteiger partial charge in [0.05, 0.1) is 12.8 Å². The highest BCUT2D eigenvalue weighted by Gasteiger charge is 2.33. The molecule has 0 aliphatic heterocycles. The predicted octanol–water partition coefficient (Wildman–Crippen LogP) is -0.753. The summed E-state index contributed by atoms with van der Waals surface area (Å²) in [6.45, 7) is 2.59. The predicted molar refractivity (Wildman–Crippen MR) is 61.9 cm³/mol. The molecule has 1 atom stereocenters. The number of carboxylic acids is 1. The number of sulfonamides is 1. The van der Waals surface area contributed by atoms with Gasteiger partial charge in [-0.05, 0) is 13.3 Å². The summed E-state index contributed by atoms with van der Waals surface area (Å²) in [6, 6.07) is 0. The molecule has 7 nitrogen and oxygen atoms in total. The fourth-order valence-corrected chi connectivity index (χ4v) is 1.31. The lowest BCUT2D eigenvalue weighted by molar-refractivity contribution is -0.147. The molecular weight excluding hydrogens is 248 g/mol. The largest absolute Gasteiger partial charge is 0.480 e. The number of rotatable bonds is 6. The molecule has 0 radical (unpaired) electrons. The molecule has 0 fully saturated rings. The summed E-state index contributed by atoms with van der Waals surface area (Å²) in [7, 11) is -2.21. The van der Waals surface area contributed by atoms with Crippen molar-refractivity contribution in [1.82, 2.24) is 9.62 Å². The second-order valence-corrected chi connectivity index (χ2v) is 6.15. The Balaban J connectivity index is 4.62. The molecule has 8 heteroatoms. The highest BCUT2D eigenvalue weighted by Crippen LogP contribution is 2.09. The van der Waals surface area contributed by atoms with Crippen LogP contribution in [0.2, 0.25) is 0 Å². The number of amides is 1. The summed E-state index contributed by atoms with van der Waals surface area (Å²) >= 11 is 0. The molecule has 0 heterocycles. The molecule has 0 aliphatic rings. The third-order valence-electron chi connectivity index (χ3n) is 2.53. The van der Waals surface area contributed by atoms with Crippen molar-refractivity contribution >= 4 is 21.9 Å². The van der Waals surface area contributed by atoms with Crippen LogP contribution in [-0.2, 0) is 19.6 Å². The van der Waals surface area contributed by atoms with Crippen molar-refractivity contribution in [3.8, 4) is 0 Å². The summed E-state index contributed by atoms with van der Waals surface area (Å²) in [6.07, 6.45) is 1.17. The maximum Gasteiger partial charge on any atom is 0.329 e. The number of carbonyl (C=O) groups excluding carboxylic acids is 1. The summed E-state index contributed by atoms with van der Waals surface area (Å²) in [5.74, 6) is -1.81. The molecule has 0 aromatic carbocycles. The van der Waals surface area contributed by atoms with Gasteiger partial charge in [-0.15, -0.1) is 0 Å². The van der Waals surface area contributed by atoms with E-state index >= 15 is 0 Å². The minimum absolute atomic E-state index is 0.205. The number of carbonyl (C=O) groups is 2. The van der Waals surface area contributed by atoms with E-state index < -0.39 is 34.0 Å². The summed E-state index contributed by atoms with van der Waals surface area (Å²) < 4.78 is 23.0. The first-order valence-corrected chi connectivity index (χ1v) is 6.83. The molecule has 1 unspecified atom stereocenters. The van der Waals surface area contributed by atoms with E-state index in [4.69, 9.17) is 5.11 Å². The van der Waals surface area contributed by atoms with Crippen LogP contribution in [0.1, 0.15) is 20.3 Å². The van der Waals surface area contributed by atoms with E-state index in [9.17, 15) is 18.0 Å². The second kappa shape index (κ2) is 5.46. The molecule has 2 N–H and O–H groups in total. The number of aliphatic carboxylic acids is 1. The van der Waals surface area contributed by atoms with Crippen LogP contribution in [0.15, 0.2) is 0 Å². The van der Waals surface area contributed by atoms with Crippen molar-refractivity contribution in [2.45, 2.75) is 25.8 Å². The van der Waals surface area contributed by atoms with Gasteiger partial charge < -0.3 is 10.4 Å². The number of nitrogens with one attached hydrogen (secondary N) is 1. The maximum absolute atomic E-state index is 11.5. The normalized spacial score (nSPS) is 15.4. The summed E-state index contributed by atoms with van der Waals surface area (Å²) in [5, 5.41) is 11.2. The molecule has 0 aromatic heterocycles. The van der Waals surface area contributed by atoms with E-state index in [1.54, 1.807) is 6.92 Å². The Morgan fingerprint density at radius 3 is 2.18 bits per heavy atom. The maximum atomic E-state index is 11.5. The first kappa shape index (κ1) is 15.9. The fraction of sp³-hybridized carbons (Fsp3) is 0.778. The number of hydrogen-bond acceptors (Lipinski definition) is 4. The smallest absolute Gasteiger partial charge is 0.329 e. The lowest BCUT2D eigenvalue weighted by Crippen LogP contribution is -2.54. The zero-order chi connectivity index (χ0) is 13.9. The van der Waals surface area contributed by atoms with Crippen LogP contribution in [0.4, 0.5) is 0 Å². The lowest BCUT2D eigenvalue weighted by Gasteiger charge is -2.25. The highest BCUT2D eigenvalue weighted by molar-refractivity contribution is 7.88. The van der Waals surface area contributed by atoms with Crippen LogP contribution in [-0.4, -0.2) is 55.1 Å². The van der Waals surface area contributed by atoms with Crippen molar-refractivity contribution in [2.75, 3.05) is 19.8 Å². The number of nitrogens with zero attached hydrogens (tertiary/aromatic N) is 1. The molecule has 0 rings (SSSR count). The van der Waals surface area contributed by atoms with Gasteiger partial charge in [-0.1, -0.05) is 6.92 Å². The van der Waals surface area contributed by atoms with Crippen molar-refractivity contribution in [3.05, 3.63) is 0 Å². The Labute approximate surface area is 101 Å². The standard InChI is InChI=1S/C9H18N2O5S/c1-5-9(2,8(13)14)10-7(12)6-11(3)17(4,15)16/h5-6H2,1-4H3,(H,10,12)(H,13,14). The Bertz CT molecular complexity index is 406. The van der Waals surface area contributed by atoms with Gasteiger partial charge >= 0.3 is 5.97 Å². The number of hydrogen-bond donors (Lipinski definition) is 2. The minimum atomic E-state index is -3.46. The van der Waals surface area contributed by atoms with E-state index in [1.807, 2.05) is 0 Å². The monoisotopic (exact) mass is 266 g/mol. The van der Waals surface area contributed by atoms with Crippen molar-refractivity contribution in [2.24, 2.45) is 0 Å². The van der Waals surface area contributed by atoms with Crippen molar-refractivity contribution in [1.29, 1.82) is 0 Å². The Kier molecular flexibility index (Phi) is 5.09. The first-order chi connectivity index (χ1) is 7.53. The topological polar surface area (TPSA) is 104 Å². The number of likely N-dealkylation sites (N-methyl/N-ethyl adjacent to an activating group) is 1. The second-order valence-electron chi connectivity index (χ2n) is 4.06. The molecule has 0 aromatic rings. The number of carboxylic acid groups (broad SMARTS) is 1. The Morgan fingerprint density at radius 1 is 1.41 bits per heavy atom. The van der Waals surface area contributed by atoms with Gasteiger partial charge in [0.15, 0.2) is 0 Å². The van der Waals surface area contributed by atoms with Gasteiger partial charge in [0.25, 0.3) is 0 Å². The van der Waals surface area contributed by atoms with Crippen molar-refractivity contribution in [3.63, 3.8) is 0 Å². The van der Waals surface area contributed by atoms with Gasteiger partial charge in [0, 0.05) is 7.05 Å². The lowest BCUT2D eigenvalue weighted by atomic mass is 9.99. The van der Waals surface area contributed by atoms with Crippen LogP contribution in [0.25, 0.3) is 0 Å². The first-order valence-electron chi connectivity index (χ1n) is 4.98. The molecule has 0 spiro atoms. The van der Waals surface area contributed by atoms with Crippen LogP contribution in [0, 0.1) is 0 Å². The van der Waals surface area contributed by atoms with Gasteiger partial charge in [0.2, 0.25) is 15.9 Å². The zero-order valence-corrected chi connectivity index (χ0v) is 11.2. The average molecular weight is 266 g/mol. The van der Waals surface area contributed by atoms with Crippen LogP contribution >= 0.6 is 0 Å². The third-order valence-corrected chi connectivity index (χ3v) is 3.79. The fourth-order valence-electron chi connectivity index (χ4n) is 0.960. The van der Waals surface area contributed by atoms with E-state index in [2.05, 4.69) is 5.32 Å². The summed E-state index contributed by atoms with van der Waals surface area (Å²) in [4.78, 5) is 22.4.